The van der Waals surface area contributed by atoms with Gasteiger partial charge in [0, 0.05) is 20.4 Å². The number of allylic oxidation sites excluding steroid dienone is 8. The zero-order chi connectivity index (χ0) is 7.07. The summed E-state index contributed by atoms with van der Waals surface area (Å²) in [6, 6.07) is 0. The van der Waals surface area contributed by atoms with E-state index in [2.05, 4.69) is 24.3 Å². The van der Waals surface area contributed by atoms with Gasteiger partial charge < -0.3 is 0 Å². The van der Waals surface area contributed by atoms with Crippen LogP contribution in [0.25, 0.3) is 0 Å². The van der Waals surface area contributed by atoms with Crippen molar-refractivity contribution in [3.8, 4) is 0 Å². The second-order valence-corrected chi connectivity index (χ2v) is 2.01. The molecule has 0 bridgehead atoms. The van der Waals surface area contributed by atoms with Crippen LogP contribution < -0.4 is 0 Å². The molecule has 0 aromatic heterocycles. The standard InChI is InChI=1S/2C5H5.ClH.Re/c2*1-2-4-5-3-1;;/h2*1-3H,4H2;1H;/q2*-1;;. The van der Waals surface area contributed by atoms with Gasteiger partial charge in [-0.25, -0.2) is 24.3 Å². The van der Waals surface area contributed by atoms with Crippen molar-refractivity contribution in [3.63, 3.8) is 0 Å². The fourth-order valence-corrected chi connectivity index (χ4v) is 0.680. The van der Waals surface area contributed by atoms with Crippen molar-refractivity contribution >= 4 is 12.4 Å². The maximum absolute atomic E-state index is 2.99. The SMILES string of the molecule is Cl.[C-]1=CC=CC1.[C-]1=CC=CC1.[Re]. The molecule has 0 aromatic carbocycles. The summed E-state index contributed by atoms with van der Waals surface area (Å²) in [6.45, 7) is 0. The Labute approximate surface area is 94.2 Å². The summed E-state index contributed by atoms with van der Waals surface area (Å²) in [7, 11) is 0. The predicted molar refractivity (Wildman–Crippen MR) is 50.4 cm³/mol. The van der Waals surface area contributed by atoms with Gasteiger partial charge in [-0.1, -0.05) is 0 Å². The molecule has 2 aliphatic rings. The summed E-state index contributed by atoms with van der Waals surface area (Å²) < 4.78 is 0. The normalized spacial score (nSPS) is 14.7. The largest absolute Gasteiger partial charge is 0.273 e. The minimum absolute atomic E-state index is 0. The summed E-state index contributed by atoms with van der Waals surface area (Å²) in [5.41, 5.74) is 0. The fourth-order valence-electron chi connectivity index (χ4n) is 0.680. The van der Waals surface area contributed by atoms with E-state index in [1.54, 1.807) is 0 Å². The second kappa shape index (κ2) is 10.9. The van der Waals surface area contributed by atoms with Gasteiger partial charge >= 0.3 is 0 Å². The van der Waals surface area contributed by atoms with Crippen molar-refractivity contribution in [1.29, 1.82) is 0 Å². The molecule has 0 saturated heterocycles. The van der Waals surface area contributed by atoms with Crippen LogP contribution in [0.4, 0.5) is 0 Å². The van der Waals surface area contributed by atoms with Gasteiger partial charge in [0.25, 0.3) is 0 Å². The molecule has 12 heavy (non-hydrogen) atoms. The zero-order valence-electron chi connectivity index (χ0n) is 6.66. The quantitative estimate of drug-likeness (QED) is 0.588. The van der Waals surface area contributed by atoms with Crippen LogP contribution in [0.15, 0.2) is 36.5 Å². The van der Waals surface area contributed by atoms with Crippen LogP contribution in [0.5, 0.6) is 0 Å². The minimum Gasteiger partial charge on any atom is -0.273 e. The molecule has 0 unspecified atom stereocenters. The molecule has 0 spiro atoms. The van der Waals surface area contributed by atoms with Crippen LogP contribution in [0.1, 0.15) is 12.8 Å². The summed E-state index contributed by atoms with van der Waals surface area (Å²) in [5, 5.41) is 0. The van der Waals surface area contributed by atoms with Crippen molar-refractivity contribution in [2.24, 2.45) is 0 Å². The molecule has 0 nitrogen and oxygen atoms in total. The minimum atomic E-state index is 0. The number of hydrogen-bond donors (Lipinski definition) is 0. The van der Waals surface area contributed by atoms with Gasteiger partial charge in [0.2, 0.25) is 0 Å². The van der Waals surface area contributed by atoms with Crippen LogP contribution in [0.2, 0.25) is 0 Å². The van der Waals surface area contributed by atoms with E-state index in [0.29, 0.717) is 0 Å². The Morgan fingerprint density at radius 1 is 0.833 bits per heavy atom. The van der Waals surface area contributed by atoms with Crippen molar-refractivity contribution < 1.29 is 20.4 Å². The first-order chi connectivity index (χ1) is 5.00. The Bertz CT molecular complexity index is 148. The molecule has 2 heteroatoms. The van der Waals surface area contributed by atoms with E-state index in [0.717, 1.165) is 12.8 Å². The molecular weight excluding hydrogens is 342 g/mol. The Hall–Kier alpha value is -0.0877. The smallest absolute Gasteiger partial charge is 0 e. The molecule has 2 aliphatic carbocycles. The average molecular weight is 353 g/mol. The Morgan fingerprint density at radius 3 is 1.33 bits per heavy atom. The van der Waals surface area contributed by atoms with Gasteiger partial charge in [0.05, 0.1) is 0 Å². The van der Waals surface area contributed by atoms with Crippen molar-refractivity contribution in [2.45, 2.75) is 12.8 Å². The average Bonchev–Trinajstić information content (AvgIpc) is 2.67. The molecule has 0 N–H and O–H groups in total. The van der Waals surface area contributed by atoms with Gasteiger partial charge in [0.15, 0.2) is 0 Å². The molecule has 67 valence electrons. The third-order valence-corrected chi connectivity index (χ3v) is 1.17. The first-order valence-corrected chi connectivity index (χ1v) is 3.43. The number of halogens is 1. The van der Waals surface area contributed by atoms with Crippen molar-refractivity contribution in [1.82, 2.24) is 0 Å². The van der Waals surface area contributed by atoms with Crippen LogP contribution >= 0.6 is 12.4 Å². The monoisotopic (exact) mass is 353 g/mol. The molecule has 0 atom stereocenters. The second-order valence-electron chi connectivity index (χ2n) is 2.01. The van der Waals surface area contributed by atoms with Gasteiger partial charge in [-0.05, 0) is 0 Å². The molecule has 0 aromatic rings. The molecule has 1 radical (unpaired) electrons. The van der Waals surface area contributed by atoms with E-state index < -0.39 is 0 Å². The molecular formula is C10H11ClRe-2. The van der Waals surface area contributed by atoms with Gasteiger partial charge in [-0.3, -0.25) is 12.2 Å². The Morgan fingerprint density at radius 2 is 1.25 bits per heavy atom. The predicted octanol–water partition coefficient (Wildman–Crippen LogP) is 3.03. The zero-order valence-corrected chi connectivity index (χ0v) is 10.2. The number of hydrogen-bond acceptors (Lipinski definition) is 0. The van der Waals surface area contributed by atoms with Gasteiger partial charge in [-0.15, -0.1) is 25.2 Å². The third-order valence-electron chi connectivity index (χ3n) is 1.17. The van der Waals surface area contributed by atoms with E-state index in [-0.39, 0.29) is 32.8 Å². The first kappa shape index (κ1) is 14.4. The summed E-state index contributed by atoms with van der Waals surface area (Å²) >= 11 is 0. The molecule has 0 fully saturated rings. The molecule has 0 saturated carbocycles. The van der Waals surface area contributed by atoms with E-state index in [9.17, 15) is 0 Å². The Kier molecular flexibility index (Phi) is 13.1. The summed E-state index contributed by atoms with van der Waals surface area (Å²) in [6.07, 6.45) is 20.0. The summed E-state index contributed by atoms with van der Waals surface area (Å²) in [5.74, 6) is 0. The Balaban J connectivity index is 0. The van der Waals surface area contributed by atoms with E-state index in [1.807, 2.05) is 24.3 Å². The van der Waals surface area contributed by atoms with Gasteiger partial charge in [-0.2, -0.15) is 12.2 Å². The maximum atomic E-state index is 2.99. The van der Waals surface area contributed by atoms with E-state index in [4.69, 9.17) is 0 Å². The van der Waals surface area contributed by atoms with E-state index in [1.165, 1.54) is 0 Å². The van der Waals surface area contributed by atoms with Crippen LogP contribution in [0, 0.1) is 12.2 Å². The van der Waals surface area contributed by atoms with Crippen molar-refractivity contribution in [2.75, 3.05) is 0 Å². The molecule has 0 aliphatic heterocycles. The summed E-state index contributed by atoms with van der Waals surface area (Å²) in [4.78, 5) is 0. The van der Waals surface area contributed by atoms with E-state index >= 15 is 0 Å². The molecule has 2 rings (SSSR count). The van der Waals surface area contributed by atoms with Crippen LogP contribution in [-0.2, 0) is 20.4 Å². The fraction of sp³-hybridized carbons (Fsp3) is 0.200. The third kappa shape index (κ3) is 8.01. The molecule has 0 amide bonds. The topological polar surface area (TPSA) is 0 Å². The van der Waals surface area contributed by atoms with Crippen LogP contribution in [0.3, 0.4) is 0 Å². The van der Waals surface area contributed by atoms with Crippen molar-refractivity contribution in [3.05, 3.63) is 48.6 Å². The molecule has 0 heterocycles. The van der Waals surface area contributed by atoms with Gasteiger partial charge in [0.1, 0.15) is 0 Å². The number of rotatable bonds is 0. The first-order valence-electron chi connectivity index (χ1n) is 3.43. The van der Waals surface area contributed by atoms with Crippen LogP contribution in [-0.4, -0.2) is 0 Å². The maximum Gasteiger partial charge on any atom is 0 e.